The number of thiophene rings is 1. The number of hydrogen-bond acceptors (Lipinski definition) is 7. The van der Waals surface area contributed by atoms with Gasteiger partial charge in [0, 0.05) is 6.04 Å². The Kier molecular flexibility index (Phi) is 8.57. The van der Waals surface area contributed by atoms with Gasteiger partial charge in [0.1, 0.15) is 4.88 Å². The SMILES string of the molecule is CCOC(=O)CN(CC(=O)Nc1cc(C)c(C(=O)OCC)s1)C(C)C. The van der Waals surface area contributed by atoms with E-state index in [-0.39, 0.29) is 31.0 Å². The molecule has 1 aromatic rings. The van der Waals surface area contributed by atoms with Crippen LogP contribution in [-0.4, -0.2) is 55.1 Å². The van der Waals surface area contributed by atoms with Crippen molar-refractivity contribution in [3.63, 3.8) is 0 Å². The van der Waals surface area contributed by atoms with Crippen LogP contribution in [0.25, 0.3) is 0 Å². The molecule has 1 aromatic heterocycles. The molecule has 0 unspecified atom stereocenters. The fourth-order valence-corrected chi connectivity index (χ4v) is 3.08. The molecule has 0 bridgehead atoms. The van der Waals surface area contributed by atoms with Crippen molar-refractivity contribution in [3.05, 3.63) is 16.5 Å². The van der Waals surface area contributed by atoms with Crippen LogP contribution in [0.5, 0.6) is 0 Å². The van der Waals surface area contributed by atoms with Gasteiger partial charge in [-0.25, -0.2) is 4.79 Å². The fourth-order valence-electron chi connectivity index (χ4n) is 2.10. The summed E-state index contributed by atoms with van der Waals surface area (Å²) < 4.78 is 9.92. The molecule has 0 aliphatic rings. The number of amides is 1. The Morgan fingerprint density at radius 1 is 1.16 bits per heavy atom. The lowest BCUT2D eigenvalue weighted by molar-refractivity contribution is -0.145. The Hall–Kier alpha value is -1.93. The molecule has 0 saturated heterocycles. The second-order valence-corrected chi connectivity index (χ2v) is 6.75. The maximum absolute atomic E-state index is 12.3. The summed E-state index contributed by atoms with van der Waals surface area (Å²) in [7, 11) is 0. The molecule has 0 atom stereocenters. The number of carbonyl (C=O) groups excluding carboxylic acids is 3. The summed E-state index contributed by atoms with van der Waals surface area (Å²) in [6, 6.07) is 1.75. The highest BCUT2D eigenvalue weighted by Crippen LogP contribution is 2.27. The Morgan fingerprint density at radius 3 is 2.36 bits per heavy atom. The minimum atomic E-state index is -0.392. The van der Waals surface area contributed by atoms with E-state index in [1.54, 1.807) is 31.7 Å². The molecule has 140 valence electrons. The number of ether oxygens (including phenoxy) is 2. The monoisotopic (exact) mass is 370 g/mol. The lowest BCUT2D eigenvalue weighted by Gasteiger charge is -2.24. The molecule has 0 fully saturated rings. The van der Waals surface area contributed by atoms with Crippen molar-refractivity contribution < 1.29 is 23.9 Å². The van der Waals surface area contributed by atoms with E-state index in [2.05, 4.69) is 5.32 Å². The van der Waals surface area contributed by atoms with Crippen LogP contribution in [0, 0.1) is 6.92 Å². The molecular weight excluding hydrogens is 344 g/mol. The highest BCUT2D eigenvalue weighted by molar-refractivity contribution is 7.18. The van der Waals surface area contributed by atoms with Gasteiger partial charge in [-0.2, -0.15) is 0 Å². The number of nitrogens with zero attached hydrogens (tertiary/aromatic N) is 1. The zero-order valence-corrected chi connectivity index (χ0v) is 16.2. The maximum atomic E-state index is 12.3. The van der Waals surface area contributed by atoms with Crippen LogP contribution in [-0.2, 0) is 19.1 Å². The van der Waals surface area contributed by atoms with Crippen LogP contribution in [0.1, 0.15) is 42.9 Å². The van der Waals surface area contributed by atoms with Crippen molar-refractivity contribution >= 4 is 34.2 Å². The summed E-state index contributed by atoms with van der Waals surface area (Å²) in [5, 5.41) is 3.34. The Bertz CT molecular complexity index is 612. The molecule has 0 aliphatic heterocycles. The second-order valence-electron chi connectivity index (χ2n) is 5.70. The van der Waals surface area contributed by atoms with Gasteiger partial charge in [-0.1, -0.05) is 0 Å². The number of carbonyl (C=O) groups is 3. The largest absolute Gasteiger partial charge is 0.465 e. The second kappa shape index (κ2) is 10.1. The minimum Gasteiger partial charge on any atom is -0.465 e. The van der Waals surface area contributed by atoms with E-state index in [0.717, 1.165) is 5.56 Å². The molecule has 7 nitrogen and oxygen atoms in total. The number of esters is 2. The molecule has 0 saturated carbocycles. The first kappa shape index (κ1) is 21.1. The van der Waals surface area contributed by atoms with E-state index in [9.17, 15) is 14.4 Å². The lowest BCUT2D eigenvalue weighted by Crippen LogP contribution is -2.41. The molecule has 0 aromatic carbocycles. The summed E-state index contributed by atoms with van der Waals surface area (Å²) in [5.74, 6) is -1.01. The Labute approximate surface area is 152 Å². The zero-order valence-electron chi connectivity index (χ0n) is 15.4. The molecule has 1 N–H and O–H groups in total. The van der Waals surface area contributed by atoms with Gasteiger partial charge < -0.3 is 14.8 Å². The van der Waals surface area contributed by atoms with Crippen molar-refractivity contribution in [3.8, 4) is 0 Å². The number of rotatable bonds is 9. The van der Waals surface area contributed by atoms with Gasteiger partial charge in [0.25, 0.3) is 0 Å². The highest BCUT2D eigenvalue weighted by Gasteiger charge is 2.20. The molecule has 0 spiro atoms. The van der Waals surface area contributed by atoms with Gasteiger partial charge in [-0.3, -0.25) is 14.5 Å². The molecule has 1 heterocycles. The van der Waals surface area contributed by atoms with E-state index < -0.39 is 5.97 Å². The molecule has 0 radical (unpaired) electrons. The number of hydrogen-bond donors (Lipinski definition) is 1. The number of aryl methyl sites for hydroxylation is 1. The first-order valence-corrected chi connectivity index (χ1v) is 9.07. The van der Waals surface area contributed by atoms with Crippen molar-refractivity contribution in [1.29, 1.82) is 0 Å². The fraction of sp³-hybridized carbons (Fsp3) is 0.588. The first-order valence-electron chi connectivity index (χ1n) is 8.25. The summed E-state index contributed by atoms with van der Waals surface area (Å²) in [5.41, 5.74) is 0.756. The van der Waals surface area contributed by atoms with E-state index >= 15 is 0 Å². The third kappa shape index (κ3) is 6.83. The third-order valence-corrected chi connectivity index (χ3v) is 4.49. The van der Waals surface area contributed by atoms with Crippen LogP contribution < -0.4 is 5.32 Å². The van der Waals surface area contributed by atoms with Crippen LogP contribution in [0.4, 0.5) is 5.00 Å². The van der Waals surface area contributed by atoms with E-state index in [1.807, 2.05) is 13.8 Å². The molecule has 1 amide bonds. The number of nitrogens with one attached hydrogen (secondary N) is 1. The van der Waals surface area contributed by atoms with E-state index in [4.69, 9.17) is 9.47 Å². The first-order chi connectivity index (χ1) is 11.8. The van der Waals surface area contributed by atoms with E-state index in [0.29, 0.717) is 23.1 Å². The van der Waals surface area contributed by atoms with Crippen molar-refractivity contribution in [1.82, 2.24) is 4.90 Å². The average Bonchev–Trinajstić information content (AvgIpc) is 2.87. The lowest BCUT2D eigenvalue weighted by atomic mass is 10.3. The highest BCUT2D eigenvalue weighted by atomic mass is 32.1. The summed E-state index contributed by atoms with van der Waals surface area (Å²) in [4.78, 5) is 37.9. The quantitative estimate of drug-likeness (QED) is 0.672. The van der Waals surface area contributed by atoms with Crippen LogP contribution >= 0.6 is 11.3 Å². The third-order valence-electron chi connectivity index (χ3n) is 3.36. The average molecular weight is 370 g/mol. The van der Waals surface area contributed by atoms with Gasteiger partial charge >= 0.3 is 11.9 Å². The molecular formula is C17H26N2O5S. The summed E-state index contributed by atoms with van der Waals surface area (Å²) in [6.45, 7) is 9.80. The van der Waals surface area contributed by atoms with Gasteiger partial charge in [-0.15, -0.1) is 11.3 Å². The van der Waals surface area contributed by atoms with Gasteiger partial charge in [0.05, 0.1) is 31.3 Å². The molecule has 25 heavy (non-hydrogen) atoms. The zero-order chi connectivity index (χ0) is 19.0. The topological polar surface area (TPSA) is 84.9 Å². The van der Waals surface area contributed by atoms with Crippen molar-refractivity contribution in [2.75, 3.05) is 31.6 Å². The predicted octanol–water partition coefficient (Wildman–Crippen LogP) is 2.45. The molecule has 0 aliphatic carbocycles. The predicted molar refractivity (Wildman–Crippen MR) is 97.0 cm³/mol. The van der Waals surface area contributed by atoms with Crippen molar-refractivity contribution in [2.24, 2.45) is 0 Å². The van der Waals surface area contributed by atoms with Crippen LogP contribution in [0.3, 0.4) is 0 Å². The van der Waals surface area contributed by atoms with Gasteiger partial charge in [-0.05, 0) is 46.2 Å². The Balaban J connectivity index is 2.69. The standard InChI is InChI=1S/C17H26N2O5S/c1-6-23-15(21)10-19(11(3)4)9-13(20)18-14-8-12(5)16(25-14)17(22)24-7-2/h8,11H,6-7,9-10H2,1-5H3,(H,18,20). The normalized spacial score (nSPS) is 10.8. The molecule has 8 heteroatoms. The summed E-state index contributed by atoms with van der Waals surface area (Å²) in [6.07, 6.45) is 0. The van der Waals surface area contributed by atoms with Gasteiger partial charge in [0.2, 0.25) is 5.91 Å². The minimum absolute atomic E-state index is 0.00956. The van der Waals surface area contributed by atoms with E-state index in [1.165, 1.54) is 11.3 Å². The molecule has 1 rings (SSSR count). The van der Waals surface area contributed by atoms with Crippen LogP contribution in [0.2, 0.25) is 0 Å². The van der Waals surface area contributed by atoms with Gasteiger partial charge in [0.15, 0.2) is 0 Å². The Morgan fingerprint density at radius 2 is 1.80 bits per heavy atom. The number of anilines is 1. The maximum Gasteiger partial charge on any atom is 0.348 e. The van der Waals surface area contributed by atoms with Crippen LogP contribution in [0.15, 0.2) is 6.07 Å². The smallest absolute Gasteiger partial charge is 0.348 e. The summed E-state index contributed by atoms with van der Waals surface area (Å²) >= 11 is 1.18. The van der Waals surface area contributed by atoms with Crippen molar-refractivity contribution in [2.45, 2.75) is 40.7 Å².